The Labute approximate surface area is 203 Å². The standard InChI is InChI=1S/C28H39N3OS/c1-27(2,3)22-17-20(18-23(25(22)32)28(4,5)6)24-19-33-26(29-21-13-10-9-11-14-21)31(24)16-12-15-30(7)8/h9-11,13-14,17-19,32H,12,15-16H2,1-8H3/p+1. The van der Waals surface area contributed by atoms with Gasteiger partial charge in [0.1, 0.15) is 5.75 Å². The Morgan fingerprint density at radius 1 is 0.939 bits per heavy atom. The average Bonchev–Trinajstić information content (AvgIpc) is 3.09. The lowest BCUT2D eigenvalue weighted by molar-refractivity contribution is -0.858. The van der Waals surface area contributed by atoms with Gasteiger partial charge in [-0.05, 0) is 40.7 Å². The van der Waals surface area contributed by atoms with Crippen molar-refractivity contribution in [3.05, 3.63) is 63.8 Å². The van der Waals surface area contributed by atoms with Gasteiger partial charge in [0.25, 0.3) is 0 Å². The smallest absolute Gasteiger partial charge is 0.190 e. The monoisotopic (exact) mass is 466 g/mol. The molecule has 0 amide bonds. The fourth-order valence-electron chi connectivity index (χ4n) is 3.99. The second-order valence-electron chi connectivity index (χ2n) is 11.2. The normalized spacial score (nSPS) is 13.2. The lowest BCUT2D eigenvalue weighted by atomic mass is 9.78. The van der Waals surface area contributed by atoms with E-state index in [1.165, 1.54) is 10.6 Å². The van der Waals surface area contributed by atoms with Crippen molar-refractivity contribution in [3.63, 3.8) is 0 Å². The Hall–Kier alpha value is -2.37. The fourth-order valence-corrected chi connectivity index (χ4v) is 4.95. The molecular weight excluding hydrogens is 426 g/mol. The van der Waals surface area contributed by atoms with Gasteiger partial charge in [-0.3, -0.25) is 0 Å². The first kappa shape index (κ1) is 25.3. The predicted molar refractivity (Wildman–Crippen MR) is 141 cm³/mol. The minimum atomic E-state index is -0.160. The molecule has 0 bridgehead atoms. The first-order chi connectivity index (χ1) is 15.4. The molecule has 0 aliphatic carbocycles. The van der Waals surface area contributed by atoms with Crippen LogP contribution in [-0.4, -0.2) is 30.3 Å². The van der Waals surface area contributed by atoms with E-state index in [9.17, 15) is 5.11 Å². The van der Waals surface area contributed by atoms with E-state index in [0.717, 1.165) is 46.7 Å². The van der Waals surface area contributed by atoms with E-state index in [4.69, 9.17) is 4.99 Å². The summed E-state index contributed by atoms with van der Waals surface area (Å²) in [5, 5.41) is 13.4. The van der Waals surface area contributed by atoms with Crippen LogP contribution in [0.4, 0.5) is 5.69 Å². The molecule has 0 aliphatic heterocycles. The molecule has 0 aliphatic rings. The van der Waals surface area contributed by atoms with E-state index in [1.807, 2.05) is 30.3 Å². The molecular formula is C28H40N3OS+. The number of rotatable bonds is 6. The van der Waals surface area contributed by atoms with E-state index in [-0.39, 0.29) is 10.8 Å². The Morgan fingerprint density at radius 2 is 1.52 bits per heavy atom. The van der Waals surface area contributed by atoms with Crippen LogP contribution >= 0.6 is 11.3 Å². The van der Waals surface area contributed by atoms with Gasteiger partial charge in [0, 0.05) is 29.5 Å². The van der Waals surface area contributed by atoms with Gasteiger partial charge in [-0.2, -0.15) is 0 Å². The number of benzene rings is 2. The molecule has 1 aromatic heterocycles. The Kier molecular flexibility index (Phi) is 7.55. The topological polar surface area (TPSA) is 42.0 Å². The summed E-state index contributed by atoms with van der Waals surface area (Å²) in [6.45, 7) is 15.0. The number of aromatic nitrogens is 1. The summed E-state index contributed by atoms with van der Waals surface area (Å²) in [7, 11) is 4.39. The van der Waals surface area contributed by atoms with E-state index >= 15 is 0 Å². The van der Waals surface area contributed by atoms with E-state index < -0.39 is 0 Å². The van der Waals surface area contributed by atoms with Crippen LogP contribution in [0.5, 0.6) is 5.75 Å². The highest BCUT2D eigenvalue weighted by atomic mass is 32.1. The van der Waals surface area contributed by atoms with E-state index in [1.54, 1.807) is 11.3 Å². The molecule has 33 heavy (non-hydrogen) atoms. The van der Waals surface area contributed by atoms with Crippen LogP contribution in [0.25, 0.3) is 11.3 Å². The lowest BCUT2D eigenvalue weighted by Crippen LogP contribution is -3.05. The van der Waals surface area contributed by atoms with Crippen molar-refractivity contribution in [2.24, 2.45) is 4.99 Å². The minimum Gasteiger partial charge on any atom is -0.507 e. The Morgan fingerprint density at radius 3 is 2.03 bits per heavy atom. The molecule has 5 heteroatoms. The number of aromatic hydroxyl groups is 1. The van der Waals surface area contributed by atoms with E-state index in [2.05, 4.69) is 77.7 Å². The molecule has 2 aromatic carbocycles. The number of thiazole rings is 1. The first-order valence-electron chi connectivity index (χ1n) is 11.8. The molecule has 0 radical (unpaired) electrons. The third-order valence-electron chi connectivity index (χ3n) is 5.86. The Bertz CT molecular complexity index is 1110. The van der Waals surface area contributed by atoms with Crippen LogP contribution in [0, 0.1) is 0 Å². The molecule has 3 aromatic rings. The molecule has 0 atom stereocenters. The molecule has 0 unspecified atom stereocenters. The van der Waals surface area contributed by atoms with Crippen LogP contribution in [-0.2, 0) is 17.4 Å². The second-order valence-corrected chi connectivity index (χ2v) is 12.1. The zero-order valence-electron chi connectivity index (χ0n) is 21.5. The van der Waals surface area contributed by atoms with Gasteiger partial charge in [0.05, 0.1) is 32.0 Å². The molecule has 4 nitrogen and oxygen atoms in total. The third-order valence-corrected chi connectivity index (χ3v) is 6.72. The van der Waals surface area contributed by atoms with Gasteiger partial charge in [-0.15, -0.1) is 11.3 Å². The van der Waals surface area contributed by atoms with Crippen molar-refractivity contribution in [2.75, 3.05) is 20.6 Å². The predicted octanol–water partition coefficient (Wildman–Crippen LogP) is 5.28. The zero-order chi connectivity index (χ0) is 24.4. The van der Waals surface area contributed by atoms with Gasteiger partial charge < -0.3 is 14.6 Å². The number of phenols is 1. The SMILES string of the molecule is C[NH+](C)CCCn1c(-c2cc(C(C)(C)C)c(O)c(C(C)(C)C)c2)csc1=Nc1ccccc1. The van der Waals surface area contributed by atoms with Crippen molar-refractivity contribution in [2.45, 2.75) is 65.3 Å². The summed E-state index contributed by atoms with van der Waals surface area (Å²) in [5.74, 6) is 0.422. The van der Waals surface area contributed by atoms with Gasteiger partial charge >= 0.3 is 0 Å². The van der Waals surface area contributed by atoms with Crippen LogP contribution in [0.3, 0.4) is 0 Å². The summed E-state index contributed by atoms with van der Waals surface area (Å²) < 4.78 is 2.35. The maximum absolute atomic E-state index is 11.2. The first-order valence-corrected chi connectivity index (χ1v) is 12.7. The molecule has 3 rings (SSSR count). The summed E-state index contributed by atoms with van der Waals surface area (Å²) in [4.78, 5) is 7.43. The summed E-state index contributed by atoms with van der Waals surface area (Å²) >= 11 is 1.68. The van der Waals surface area contributed by atoms with Crippen LogP contribution < -0.4 is 9.70 Å². The van der Waals surface area contributed by atoms with Gasteiger partial charge in [0.2, 0.25) is 0 Å². The third kappa shape index (κ3) is 6.15. The quantitative estimate of drug-likeness (QED) is 0.510. The van der Waals surface area contributed by atoms with Crippen LogP contribution in [0.15, 0.2) is 52.8 Å². The summed E-state index contributed by atoms with van der Waals surface area (Å²) in [6, 6.07) is 14.5. The van der Waals surface area contributed by atoms with Crippen molar-refractivity contribution < 1.29 is 10.0 Å². The van der Waals surface area contributed by atoms with Gasteiger partial charge in [-0.25, -0.2) is 4.99 Å². The summed E-state index contributed by atoms with van der Waals surface area (Å²) in [6.07, 6.45) is 1.07. The summed E-state index contributed by atoms with van der Waals surface area (Å²) in [5.41, 5.74) is 4.93. The number of nitrogens with zero attached hydrogens (tertiary/aromatic N) is 2. The minimum absolute atomic E-state index is 0.160. The van der Waals surface area contributed by atoms with Crippen molar-refractivity contribution in [3.8, 4) is 17.0 Å². The number of nitrogens with one attached hydrogen (secondary N) is 1. The average molecular weight is 467 g/mol. The number of hydrogen-bond donors (Lipinski definition) is 2. The number of quaternary nitrogens is 1. The fraction of sp³-hybridized carbons (Fsp3) is 0.464. The van der Waals surface area contributed by atoms with Gasteiger partial charge in [-0.1, -0.05) is 59.7 Å². The van der Waals surface area contributed by atoms with Crippen LogP contribution in [0.1, 0.15) is 59.1 Å². The number of phenolic OH excluding ortho intramolecular Hbond substituents is 1. The van der Waals surface area contributed by atoms with Gasteiger partial charge in [0.15, 0.2) is 4.80 Å². The molecule has 0 saturated carbocycles. The molecule has 0 spiro atoms. The molecule has 0 fully saturated rings. The van der Waals surface area contributed by atoms with Crippen molar-refractivity contribution in [1.29, 1.82) is 0 Å². The highest BCUT2D eigenvalue weighted by Gasteiger charge is 2.27. The maximum Gasteiger partial charge on any atom is 0.190 e. The van der Waals surface area contributed by atoms with Crippen LogP contribution in [0.2, 0.25) is 0 Å². The largest absolute Gasteiger partial charge is 0.507 e. The second kappa shape index (κ2) is 9.86. The highest BCUT2D eigenvalue weighted by molar-refractivity contribution is 7.07. The Balaban J connectivity index is 2.22. The molecule has 2 N–H and O–H groups in total. The molecule has 1 heterocycles. The number of hydrogen-bond acceptors (Lipinski definition) is 3. The number of para-hydroxylation sites is 1. The van der Waals surface area contributed by atoms with E-state index in [0.29, 0.717) is 5.75 Å². The van der Waals surface area contributed by atoms with Crippen molar-refractivity contribution >= 4 is 17.0 Å². The van der Waals surface area contributed by atoms with Crippen molar-refractivity contribution in [1.82, 2.24) is 4.57 Å². The molecule has 178 valence electrons. The zero-order valence-corrected chi connectivity index (χ0v) is 22.3. The lowest BCUT2D eigenvalue weighted by Gasteiger charge is -2.28. The molecule has 0 saturated heterocycles. The highest BCUT2D eigenvalue weighted by Crippen LogP contribution is 2.42. The maximum atomic E-state index is 11.2.